The number of halogens is 1. The molecule has 1 saturated heterocycles. The minimum absolute atomic E-state index is 0.0931. The molecular formula is C30H30ClN7O. The Balaban J connectivity index is 1.53. The summed E-state index contributed by atoms with van der Waals surface area (Å²) in [5.41, 5.74) is 17.7. The number of nitrogens with two attached hydrogens (primary N) is 2. The lowest BCUT2D eigenvalue weighted by Crippen LogP contribution is -2.36. The van der Waals surface area contributed by atoms with Crippen LogP contribution in [0, 0.1) is 18.8 Å². The zero-order valence-corrected chi connectivity index (χ0v) is 22.6. The number of piperidine rings is 1. The van der Waals surface area contributed by atoms with Crippen LogP contribution < -0.4 is 16.8 Å². The van der Waals surface area contributed by atoms with E-state index in [9.17, 15) is 4.79 Å². The Morgan fingerprint density at radius 2 is 1.87 bits per heavy atom. The van der Waals surface area contributed by atoms with Gasteiger partial charge < -0.3 is 26.7 Å². The third kappa shape index (κ3) is 5.90. The van der Waals surface area contributed by atoms with Crippen molar-refractivity contribution in [3.05, 3.63) is 82.0 Å². The zero-order chi connectivity index (χ0) is 27.5. The van der Waals surface area contributed by atoms with E-state index in [4.69, 9.17) is 23.1 Å². The van der Waals surface area contributed by atoms with Gasteiger partial charge in [-0.15, -0.1) is 0 Å². The Labute approximate surface area is 232 Å². The van der Waals surface area contributed by atoms with E-state index < -0.39 is 5.91 Å². The Morgan fingerprint density at radius 3 is 2.64 bits per heavy atom. The van der Waals surface area contributed by atoms with Gasteiger partial charge in [0.2, 0.25) is 5.95 Å². The molecule has 6 N–H and O–H groups in total. The monoisotopic (exact) mass is 539 g/mol. The smallest absolute Gasteiger partial charge is 0.250 e. The van der Waals surface area contributed by atoms with Gasteiger partial charge in [0.05, 0.1) is 28.2 Å². The SMILES string of the molecule is Cc1ccc(Cl)cc1-c1[nH]c(-c2nc(N)ncc2C#Cc2ccccc2NC2CCN(C)CC2)cc1C(N)=O. The fourth-order valence-electron chi connectivity index (χ4n) is 4.77. The highest BCUT2D eigenvalue weighted by atomic mass is 35.5. The number of primary amides is 1. The summed E-state index contributed by atoms with van der Waals surface area (Å²) < 4.78 is 0. The van der Waals surface area contributed by atoms with E-state index in [1.165, 1.54) is 0 Å². The largest absolute Gasteiger partial charge is 0.381 e. The van der Waals surface area contributed by atoms with Crippen LogP contribution in [0.3, 0.4) is 0 Å². The number of nitrogens with zero attached hydrogens (tertiary/aromatic N) is 3. The maximum Gasteiger partial charge on any atom is 0.250 e. The van der Waals surface area contributed by atoms with E-state index >= 15 is 0 Å². The van der Waals surface area contributed by atoms with Crippen LogP contribution in [0.1, 0.15) is 39.9 Å². The van der Waals surface area contributed by atoms with E-state index in [-0.39, 0.29) is 5.95 Å². The fraction of sp³-hybridized carbons (Fsp3) is 0.233. The minimum atomic E-state index is -0.574. The highest BCUT2D eigenvalue weighted by molar-refractivity contribution is 6.31. The molecule has 8 nitrogen and oxygen atoms in total. The second kappa shape index (κ2) is 11.2. The number of nitrogens with one attached hydrogen (secondary N) is 2. The average molecular weight is 540 g/mol. The molecule has 39 heavy (non-hydrogen) atoms. The Bertz CT molecular complexity index is 1590. The molecule has 5 rings (SSSR count). The van der Waals surface area contributed by atoms with Gasteiger partial charge in [0.1, 0.15) is 5.69 Å². The van der Waals surface area contributed by atoms with Gasteiger partial charge >= 0.3 is 0 Å². The lowest BCUT2D eigenvalue weighted by molar-refractivity contribution is 0.100. The average Bonchev–Trinajstić information content (AvgIpc) is 3.37. The Kier molecular flexibility index (Phi) is 7.55. The first-order chi connectivity index (χ1) is 18.8. The number of hydrogen-bond acceptors (Lipinski definition) is 6. The number of likely N-dealkylation sites (tertiary alicyclic amines) is 1. The number of aromatic amines is 1. The van der Waals surface area contributed by atoms with Gasteiger partial charge in [-0.2, -0.15) is 0 Å². The molecule has 1 aliphatic heterocycles. The molecular weight excluding hydrogens is 510 g/mol. The van der Waals surface area contributed by atoms with Crippen molar-refractivity contribution < 1.29 is 4.79 Å². The topological polar surface area (TPSA) is 126 Å². The standard InChI is InChI=1S/C30H30ClN7O/c1-18-7-10-21(31)15-23(18)28-24(29(32)39)16-26(36-28)27-20(17-34-30(33)37-27)9-8-19-5-3-4-6-25(19)35-22-11-13-38(2)14-12-22/h3-7,10,15-17,22,35-36H,11-14H2,1-2H3,(H2,32,39)(H2,33,34,37). The molecule has 0 bridgehead atoms. The summed E-state index contributed by atoms with van der Waals surface area (Å²) in [6, 6.07) is 15.6. The van der Waals surface area contributed by atoms with Crippen molar-refractivity contribution in [3.8, 4) is 34.5 Å². The molecule has 1 amide bonds. The number of carbonyl (C=O) groups excluding carboxylic acids is 1. The summed E-state index contributed by atoms with van der Waals surface area (Å²) in [7, 11) is 2.15. The van der Waals surface area contributed by atoms with E-state index in [2.05, 4.69) is 44.1 Å². The molecule has 0 aliphatic carbocycles. The van der Waals surface area contributed by atoms with E-state index in [1.807, 2.05) is 37.3 Å². The Morgan fingerprint density at radius 1 is 1.13 bits per heavy atom. The van der Waals surface area contributed by atoms with Crippen molar-refractivity contribution >= 4 is 29.1 Å². The number of amides is 1. The van der Waals surface area contributed by atoms with E-state index in [1.54, 1.807) is 24.4 Å². The summed E-state index contributed by atoms with van der Waals surface area (Å²) in [5.74, 6) is 6.02. The minimum Gasteiger partial charge on any atom is -0.381 e. The molecule has 3 heterocycles. The summed E-state index contributed by atoms with van der Waals surface area (Å²) in [4.78, 5) is 26.7. The molecule has 2 aromatic heterocycles. The van der Waals surface area contributed by atoms with Crippen LogP contribution in [0.2, 0.25) is 5.02 Å². The number of anilines is 2. The molecule has 0 radical (unpaired) electrons. The number of H-pyrrole nitrogens is 1. The number of aryl methyl sites for hydroxylation is 1. The molecule has 4 aromatic rings. The van der Waals surface area contributed by atoms with Crippen molar-refractivity contribution in [2.45, 2.75) is 25.8 Å². The van der Waals surface area contributed by atoms with Crippen molar-refractivity contribution in [1.82, 2.24) is 19.9 Å². The number of para-hydroxylation sites is 1. The Hall–Kier alpha value is -4.32. The predicted octanol–water partition coefficient (Wildman–Crippen LogP) is 4.69. The first-order valence-electron chi connectivity index (χ1n) is 12.8. The maximum absolute atomic E-state index is 12.4. The third-order valence-corrected chi connectivity index (χ3v) is 7.19. The van der Waals surface area contributed by atoms with E-state index in [0.29, 0.717) is 39.3 Å². The van der Waals surface area contributed by atoms with Gasteiger partial charge in [0, 0.05) is 28.4 Å². The lowest BCUT2D eigenvalue weighted by Gasteiger charge is -2.30. The highest BCUT2D eigenvalue weighted by Crippen LogP contribution is 2.33. The number of carbonyl (C=O) groups is 1. The van der Waals surface area contributed by atoms with Gasteiger partial charge in [0.15, 0.2) is 0 Å². The first kappa shape index (κ1) is 26.3. The summed E-state index contributed by atoms with van der Waals surface area (Å²) in [6.45, 7) is 4.07. The maximum atomic E-state index is 12.4. The molecule has 0 atom stereocenters. The van der Waals surface area contributed by atoms with Crippen LogP contribution in [0.25, 0.3) is 22.6 Å². The van der Waals surface area contributed by atoms with Crippen LogP contribution in [0.15, 0.2) is 54.7 Å². The van der Waals surface area contributed by atoms with Gasteiger partial charge in [-0.25, -0.2) is 9.97 Å². The summed E-state index contributed by atoms with van der Waals surface area (Å²) in [6.07, 6.45) is 3.75. The lowest BCUT2D eigenvalue weighted by atomic mass is 10.0. The van der Waals surface area contributed by atoms with Crippen molar-refractivity contribution in [1.29, 1.82) is 0 Å². The fourth-order valence-corrected chi connectivity index (χ4v) is 4.94. The van der Waals surface area contributed by atoms with Crippen LogP contribution >= 0.6 is 11.6 Å². The first-order valence-corrected chi connectivity index (χ1v) is 13.1. The van der Waals surface area contributed by atoms with Gasteiger partial charge in [-0.1, -0.05) is 41.6 Å². The van der Waals surface area contributed by atoms with Crippen LogP contribution in [-0.2, 0) is 0 Å². The number of rotatable bonds is 5. The highest BCUT2D eigenvalue weighted by Gasteiger charge is 2.20. The van der Waals surface area contributed by atoms with Crippen LogP contribution in [-0.4, -0.2) is 51.9 Å². The second-order valence-corrected chi connectivity index (χ2v) is 10.2. The van der Waals surface area contributed by atoms with Crippen molar-refractivity contribution in [2.75, 3.05) is 31.2 Å². The number of nitrogen functional groups attached to an aromatic ring is 1. The molecule has 0 unspecified atom stereocenters. The molecule has 2 aromatic carbocycles. The number of hydrogen-bond donors (Lipinski definition) is 4. The molecule has 0 spiro atoms. The quantitative estimate of drug-likeness (QED) is 0.273. The molecule has 1 aliphatic rings. The van der Waals surface area contributed by atoms with Gasteiger partial charge in [-0.3, -0.25) is 4.79 Å². The van der Waals surface area contributed by atoms with Gasteiger partial charge in [-0.05, 0) is 75.8 Å². The number of benzene rings is 2. The van der Waals surface area contributed by atoms with Crippen molar-refractivity contribution in [2.24, 2.45) is 5.73 Å². The van der Waals surface area contributed by atoms with E-state index in [0.717, 1.165) is 48.3 Å². The third-order valence-electron chi connectivity index (χ3n) is 6.95. The molecule has 1 fully saturated rings. The van der Waals surface area contributed by atoms with Crippen LogP contribution in [0.4, 0.5) is 11.6 Å². The predicted molar refractivity (Wildman–Crippen MR) is 156 cm³/mol. The summed E-state index contributed by atoms with van der Waals surface area (Å²) >= 11 is 6.26. The molecule has 0 saturated carbocycles. The van der Waals surface area contributed by atoms with Crippen LogP contribution in [0.5, 0.6) is 0 Å². The zero-order valence-electron chi connectivity index (χ0n) is 21.9. The second-order valence-electron chi connectivity index (χ2n) is 9.80. The number of aromatic nitrogens is 3. The molecule has 198 valence electrons. The van der Waals surface area contributed by atoms with Gasteiger partial charge in [0.25, 0.3) is 5.91 Å². The normalized spacial score (nSPS) is 14.0. The van der Waals surface area contributed by atoms with Crippen molar-refractivity contribution in [3.63, 3.8) is 0 Å². The summed E-state index contributed by atoms with van der Waals surface area (Å²) in [5, 5.41) is 4.21. The molecule has 9 heteroatoms.